The van der Waals surface area contributed by atoms with E-state index in [0.717, 1.165) is 19.5 Å². The van der Waals surface area contributed by atoms with Gasteiger partial charge in [0.25, 0.3) is 5.91 Å². The van der Waals surface area contributed by atoms with Gasteiger partial charge in [0.05, 0.1) is 5.56 Å². The Kier molecular flexibility index (Phi) is 4.27. The number of rotatable bonds is 3. The Labute approximate surface area is 112 Å². The van der Waals surface area contributed by atoms with Crippen molar-refractivity contribution in [3.8, 4) is 11.5 Å². The van der Waals surface area contributed by atoms with Crippen LogP contribution in [0.5, 0.6) is 11.5 Å². The maximum atomic E-state index is 12.0. The number of benzene rings is 1. The van der Waals surface area contributed by atoms with Crippen LogP contribution < -0.4 is 10.6 Å². The molecule has 1 fully saturated rings. The molecular weight excluding hydrogens is 244 g/mol. The average molecular weight is 264 g/mol. The summed E-state index contributed by atoms with van der Waals surface area (Å²) in [6.45, 7) is 4.68. The summed E-state index contributed by atoms with van der Waals surface area (Å²) in [6, 6.07) is 3.93. The van der Waals surface area contributed by atoms with Gasteiger partial charge in [-0.3, -0.25) is 4.79 Å². The van der Waals surface area contributed by atoms with Gasteiger partial charge in [0, 0.05) is 6.54 Å². The molecule has 0 aliphatic carbocycles. The fraction of sp³-hybridized carbons (Fsp3) is 0.500. The molecule has 1 heterocycles. The summed E-state index contributed by atoms with van der Waals surface area (Å²) in [7, 11) is 0. The van der Waals surface area contributed by atoms with Crippen molar-refractivity contribution in [2.45, 2.75) is 13.3 Å². The highest BCUT2D eigenvalue weighted by Crippen LogP contribution is 2.22. The molecule has 2 unspecified atom stereocenters. The first-order valence-corrected chi connectivity index (χ1v) is 6.59. The van der Waals surface area contributed by atoms with Gasteiger partial charge in [-0.2, -0.15) is 0 Å². The summed E-state index contributed by atoms with van der Waals surface area (Å²) in [4.78, 5) is 12.0. The monoisotopic (exact) mass is 264 g/mol. The smallest absolute Gasteiger partial charge is 0.255 e. The van der Waals surface area contributed by atoms with Gasteiger partial charge < -0.3 is 20.8 Å². The standard InChI is InChI=1S/C14H20N2O3/c1-9-4-5-15-7-10(9)8-16-14(19)12-6-11(17)2-3-13(12)18/h2-3,6,9-10,15,17-18H,4-5,7-8H2,1H3,(H,16,19). The van der Waals surface area contributed by atoms with Crippen LogP contribution in [0.1, 0.15) is 23.7 Å². The fourth-order valence-electron chi connectivity index (χ4n) is 2.35. The van der Waals surface area contributed by atoms with Crippen LogP contribution in [-0.2, 0) is 0 Å². The first-order chi connectivity index (χ1) is 9.08. The van der Waals surface area contributed by atoms with Crippen LogP contribution in [0.15, 0.2) is 18.2 Å². The van der Waals surface area contributed by atoms with Crippen LogP contribution in [0.2, 0.25) is 0 Å². The van der Waals surface area contributed by atoms with Crippen LogP contribution in [0.4, 0.5) is 0 Å². The van der Waals surface area contributed by atoms with Gasteiger partial charge in [-0.1, -0.05) is 6.92 Å². The molecule has 4 N–H and O–H groups in total. The highest BCUT2D eigenvalue weighted by molar-refractivity contribution is 5.97. The first-order valence-electron chi connectivity index (χ1n) is 6.59. The minimum Gasteiger partial charge on any atom is -0.508 e. The molecule has 5 heteroatoms. The van der Waals surface area contributed by atoms with Crippen LogP contribution >= 0.6 is 0 Å². The number of phenolic OH excluding ortho intramolecular Hbond substituents is 2. The number of carbonyl (C=O) groups is 1. The Morgan fingerprint density at radius 1 is 1.47 bits per heavy atom. The van der Waals surface area contributed by atoms with Crippen LogP contribution in [0.3, 0.4) is 0 Å². The number of hydrogen-bond acceptors (Lipinski definition) is 4. The predicted molar refractivity (Wildman–Crippen MR) is 72.2 cm³/mol. The zero-order valence-electron chi connectivity index (χ0n) is 11.0. The van der Waals surface area contributed by atoms with Crippen molar-refractivity contribution in [2.24, 2.45) is 11.8 Å². The van der Waals surface area contributed by atoms with Gasteiger partial charge in [0.2, 0.25) is 0 Å². The van der Waals surface area contributed by atoms with Gasteiger partial charge in [-0.05, 0) is 49.5 Å². The van der Waals surface area contributed by atoms with E-state index in [1.165, 1.54) is 18.2 Å². The summed E-state index contributed by atoms with van der Waals surface area (Å²) < 4.78 is 0. The van der Waals surface area contributed by atoms with Gasteiger partial charge in [-0.15, -0.1) is 0 Å². The molecule has 104 valence electrons. The maximum absolute atomic E-state index is 12.0. The number of aromatic hydroxyl groups is 2. The van der Waals surface area contributed by atoms with Crippen molar-refractivity contribution in [1.82, 2.24) is 10.6 Å². The van der Waals surface area contributed by atoms with E-state index in [-0.39, 0.29) is 23.0 Å². The lowest BCUT2D eigenvalue weighted by Gasteiger charge is -2.29. The van der Waals surface area contributed by atoms with E-state index < -0.39 is 0 Å². The second-order valence-corrected chi connectivity index (χ2v) is 5.14. The first kappa shape index (κ1) is 13.7. The van der Waals surface area contributed by atoms with Crippen molar-refractivity contribution in [3.63, 3.8) is 0 Å². The molecule has 0 aromatic heterocycles. The van der Waals surface area contributed by atoms with Gasteiger partial charge in [-0.25, -0.2) is 0 Å². The van der Waals surface area contributed by atoms with Crippen LogP contribution in [0, 0.1) is 11.8 Å². The van der Waals surface area contributed by atoms with Crippen molar-refractivity contribution < 1.29 is 15.0 Å². The van der Waals surface area contributed by atoms with Crippen LogP contribution in [-0.4, -0.2) is 35.8 Å². The lowest BCUT2D eigenvalue weighted by atomic mass is 9.88. The summed E-state index contributed by atoms with van der Waals surface area (Å²) in [5.74, 6) is 0.461. The van der Waals surface area contributed by atoms with E-state index >= 15 is 0 Å². The van der Waals surface area contributed by atoms with E-state index in [4.69, 9.17) is 0 Å². The molecule has 19 heavy (non-hydrogen) atoms. The molecule has 1 aromatic rings. The van der Waals surface area contributed by atoms with Crippen molar-refractivity contribution in [3.05, 3.63) is 23.8 Å². The van der Waals surface area contributed by atoms with Gasteiger partial charge in [0.1, 0.15) is 11.5 Å². The summed E-state index contributed by atoms with van der Waals surface area (Å²) in [6.07, 6.45) is 1.11. The van der Waals surface area contributed by atoms with E-state index in [1.807, 2.05) is 0 Å². The summed E-state index contributed by atoms with van der Waals surface area (Å²) in [5.41, 5.74) is 0.108. The average Bonchev–Trinajstić information content (AvgIpc) is 2.40. The third-order valence-electron chi connectivity index (χ3n) is 3.74. The molecule has 2 rings (SSSR count). The number of piperidine rings is 1. The normalized spacial score (nSPS) is 23.0. The largest absolute Gasteiger partial charge is 0.508 e. The Hall–Kier alpha value is -1.75. The zero-order valence-corrected chi connectivity index (χ0v) is 11.0. The second-order valence-electron chi connectivity index (χ2n) is 5.14. The Morgan fingerprint density at radius 2 is 2.26 bits per heavy atom. The Bertz CT molecular complexity index is 462. The van der Waals surface area contributed by atoms with Gasteiger partial charge in [0.15, 0.2) is 0 Å². The molecule has 1 aliphatic rings. The lowest BCUT2D eigenvalue weighted by Crippen LogP contribution is -2.42. The summed E-state index contributed by atoms with van der Waals surface area (Å²) >= 11 is 0. The number of amides is 1. The molecule has 1 amide bonds. The molecular formula is C14H20N2O3. The number of hydrogen-bond donors (Lipinski definition) is 4. The molecule has 0 bridgehead atoms. The minimum absolute atomic E-state index is 0.0318. The Morgan fingerprint density at radius 3 is 3.00 bits per heavy atom. The van der Waals surface area contributed by atoms with Crippen molar-refractivity contribution in [2.75, 3.05) is 19.6 Å². The van der Waals surface area contributed by atoms with E-state index in [1.54, 1.807) is 0 Å². The highest BCUT2D eigenvalue weighted by atomic mass is 16.3. The van der Waals surface area contributed by atoms with E-state index in [2.05, 4.69) is 17.6 Å². The summed E-state index contributed by atoms with van der Waals surface area (Å²) in [5, 5.41) is 25.1. The van der Waals surface area contributed by atoms with Crippen molar-refractivity contribution >= 4 is 5.91 Å². The van der Waals surface area contributed by atoms with Gasteiger partial charge >= 0.3 is 0 Å². The molecule has 5 nitrogen and oxygen atoms in total. The molecule has 1 aromatic carbocycles. The third-order valence-corrected chi connectivity index (χ3v) is 3.74. The SMILES string of the molecule is CC1CCNCC1CNC(=O)c1cc(O)ccc1O. The third kappa shape index (κ3) is 3.38. The molecule has 0 spiro atoms. The number of phenols is 2. The van der Waals surface area contributed by atoms with E-state index in [0.29, 0.717) is 18.4 Å². The maximum Gasteiger partial charge on any atom is 0.255 e. The van der Waals surface area contributed by atoms with Crippen molar-refractivity contribution in [1.29, 1.82) is 0 Å². The molecule has 2 atom stereocenters. The van der Waals surface area contributed by atoms with E-state index in [9.17, 15) is 15.0 Å². The zero-order chi connectivity index (χ0) is 13.8. The Balaban J connectivity index is 1.95. The van der Waals surface area contributed by atoms with Crippen LogP contribution in [0.25, 0.3) is 0 Å². The number of nitrogens with one attached hydrogen (secondary N) is 2. The highest BCUT2D eigenvalue weighted by Gasteiger charge is 2.22. The predicted octanol–water partition coefficient (Wildman–Crippen LogP) is 1.07. The minimum atomic E-state index is -0.355. The second kappa shape index (κ2) is 5.93. The quantitative estimate of drug-likeness (QED) is 0.616. The molecule has 1 saturated heterocycles. The fourth-order valence-corrected chi connectivity index (χ4v) is 2.35. The molecule has 0 saturated carbocycles. The lowest BCUT2D eigenvalue weighted by molar-refractivity contribution is 0.0936. The number of carbonyl (C=O) groups excluding carboxylic acids is 1. The molecule has 1 aliphatic heterocycles. The molecule has 0 radical (unpaired) electrons. The topological polar surface area (TPSA) is 81.6 Å².